The Bertz CT molecular complexity index is 1030. The van der Waals surface area contributed by atoms with Crippen LogP contribution >= 0.6 is 0 Å². The quantitative estimate of drug-likeness (QED) is 0.580. The maximum Gasteiger partial charge on any atom is 0.305 e. The molecule has 3 rings (SSSR count). The number of benzene rings is 2. The lowest BCUT2D eigenvalue weighted by molar-refractivity contribution is -0.123. The van der Waals surface area contributed by atoms with Crippen molar-refractivity contribution in [1.29, 1.82) is 0 Å². The molecule has 2 N–H and O–H groups in total. The van der Waals surface area contributed by atoms with Crippen LogP contribution in [0, 0.1) is 19.7 Å². The SMILES string of the molecule is Cc1ccc(C)c(OCC(=O)NNC(=O)c2ccc(COc3ccc(F)cc3)o2)c1. The molecule has 1 aromatic heterocycles. The Balaban J connectivity index is 1.44. The molecule has 0 aliphatic rings. The molecule has 0 aliphatic carbocycles. The second kappa shape index (κ2) is 9.60. The van der Waals surface area contributed by atoms with E-state index in [-0.39, 0.29) is 24.8 Å². The predicted molar refractivity (Wildman–Crippen MR) is 106 cm³/mol. The third-order valence-electron chi connectivity index (χ3n) is 4.10. The van der Waals surface area contributed by atoms with Gasteiger partial charge in [-0.1, -0.05) is 12.1 Å². The zero-order chi connectivity index (χ0) is 21.5. The fourth-order valence-electron chi connectivity index (χ4n) is 2.49. The lowest BCUT2D eigenvalue weighted by atomic mass is 10.1. The number of aryl methyl sites for hydroxylation is 2. The number of furan rings is 1. The maximum absolute atomic E-state index is 12.9. The molecule has 30 heavy (non-hydrogen) atoms. The van der Waals surface area contributed by atoms with Gasteiger partial charge in [0.05, 0.1) is 0 Å². The average Bonchev–Trinajstić information content (AvgIpc) is 3.21. The third-order valence-corrected chi connectivity index (χ3v) is 4.10. The first-order chi connectivity index (χ1) is 14.4. The monoisotopic (exact) mass is 412 g/mol. The number of carbonyl (C=O) groups is 2. The van der Waals surface area contributed by atoms with Crippen molar-refractivity contribution in [1.82, 2.24) is 10.9 Å². The molecule has 0 saturated heterocycles. The van der Waals surface area contributed by atoms with Gasteiger partial charge in [0.25, 0.3) is 5.91 Å². The third kappa shape index (κ3) is 5.84. The van der Waals surface area contributed by atoms with Gasteiger partial charge in [-0.2, -0.15) is 0 Å². The van der Waals surface area contributed by atoms with E-state index in [1.54, 1.807) is 6.07 Å². The highest BCUT2D eigenvalue weighted by atomic mass is 19.1. The van der Waals surface area contributed by atoms with Crippen molar-refractivity contribution in [3.8, 4) is 11.5 Å². The van der Waals surface area contributed by atoms with E-state index in [1.807, 2.05) is 32.0 Å². The summed E-state index contributed by atoms with van der Waals surface area (Å²) in [6.07, 6.45) is 0. The summed E-state index contributed by atoms with van der Waals surface area (Å²) in [7, 11) is 0. The number of rotatable bonds is 7. The number of nitrogens with one attached hydrogen (secondary N) is 2. The molecule has 8 heteroatoms. The fourth-order valence-corrected chi connectivity index (χ4v) is 2.49. The summed E-state index contributed by atoms with van der Waals surface area (Å²) in [5.41, 5.74) is 6.45. The standard InChI is InChI=1S/C22H21FN2O5/c1-14-3-4-15(2)20(11-14)29-13-21(26)24-25-22(27)19-10-9-18(30-19)12-28-17-7-5-16(23)6-8-17/h3-11H,12-13H2,1-2H3,(H,24,26)(H,25,27). The number of hydrazine groups is 1. The number of hydrogen-bond donors (Lipinski definition) is 2. The van der Waals surface area contributed by atoms with Crippen LogP contribution in [-0.4, -0.2) is 18.4 Å². The zero-order valence-electron chi connectivity index (χ0n) is 16.5. The van der Waals surface area contributed by atoms with Gasteiger partial charge in [-0.25, -0.2) is 4.39 Å². The van der Waals surface area contributed by atoms with E-state index in [0.717, 1.165) is 11.1 Å². The van der Waals surface area contributed by atoms with Crippen molar-refractivity contribution in [3.63, 3.8) is 0 Å². The molecule has 7 nitrogen and oxygen atoms in total. The van der Waals surface area contributed by atoms with Gasteiger partial charge >= 0.3 is 5.91 Å². The van der Waals surface area contributed by atoms with Gasteiger partial charge in [0.15, 0.2) is 12.4 Å². The first-order valence-electron chi connectivity index (χ1n) is 9.17. The number of carbonyl (C=O) groups excluding carboxylic acids is 2. The van der Waals surface area contributed by atoms with E-state index in [2.05, 4.69) is 10.9 Å². The van der Waals surface area contributed by atoms with Crippen LogP contribution in [0.15, 0.2) is 59.0 Å². The number of halogens is 1. The van der Waals surface area contributed by atoms with Crippen molar-refractivity contribution < 1.29 is 27.9 Å². The van der Waals surface area contributed by atoms with Gasteiger partial charge in [0.2, 0.25) is 0 Å². The molecule has 0 radical (unpaired) electrons. The lowest BCUT2D eigenvalue weighted by Crippen LogP contribution is -2.43. The molecule has 0 unspecified atom stereocenters. The van der Waals surface area contributed by atoms with Crippen molar-refractivity contribution >= 4 is 11.8 Å². The molecule has 1 heterocycles. The molecule has 0 spiro atoms. The van der Waals surface area contributed by atoms with E-state index in [9.17, 15) is 14.0 Å². The Kier molecular flexibility index (Phi) is 6.69. The van der Waals surface area contributed by atoms with Gasteiger partial charge in [0, 0.05) is 0 Å². The summed E-state index contributed by atoms with van der Waals surface area (Å²) < 4.78 is 29.2. The molecule has 0 aliphatic heterocycles. The Morgan fingerprint density at radius 2 is 1.73 bits per heavy atom. The first-order valence-corrected chi connectivity index (χ1v) is 9.17. The van der Waals surface area contributed by atoms with Crippen molar-refractivity contribution in [3.05, 3.63) is 83.1 Å². The normalized spacial score (nSPS) is 10.4. The fraction of sp³-hybridized carbons (Fsp3) is 0.182. The first kappa shape index (κ1) is 20.9. The Labute approximate surface area is 172 Å². The summed E-state index contributed by atoms with van der Waals surface area (Å²) in [5, 5.41) is 0. The van der Waals surface area contributed by atoms with Gasteiger partial charge in [-0.3, -0.25) is 20.4 Å². The van der Waals surface area contributed by atoms with Crippen LogP contribution in [0.2, 0.25) is 0 Å². The van der Waals surface area contributed by atoms with E-state index in [4.69, 9.17) is 13.9 Å². The van der Waals surface area contributed by atoms with Crippen LogP contribution in [0.25, 0.3) is 0 Å². The van der Waals surface area contributed by atoms with Crippen LogP contribution < -0.4 is 20.3 Å². The highest BCUT2D eigenvalue weighted by molar-refractivity contribution is 5.93. The summed E-state index contributed by atoms with van der Waals surface area (Å²) in [6.45, 7) is 3.62. The van der Waals surface area contributed by atoms with E-state index < -0.39 is 11.8 Å². The molecule has 0 bridgehead atoms. The molecular formula is C22H21FN2O5. The maximum atomic E-state index is 12.9. The van der Waals surface area contributed by atoms with E-state index in [0.29, 0.717) is 17.3 Å². The van der Waals surface area contributed by atoms with Crippen LogP contribution in [0.3, 0.4) is 0 Å². The van der Waals surface area contributed by atoms with Crippen LogP contribution in [-0.2, 0) is 11.4 Å². The minimum atomic E-state index is -0.622. The van der Waals surface area contributed by atoms with Crippen LogP contribution in [0.4, 0.5) is 4.39 Å². The summed E-state index contributed by atoms with van der Waals surface area (Å²) in [6, 6.07) is 14.2. The van der Waals surface area contributed by atoms with E-state index in [1.165, 1.54) is 30.3 Å². The second-order valence-corrected chi connectivity index (χ2v) is 6.57. The summed E-state index contributed by atoms with van der Waals surface area (Å²) in [4.78, 5) is 24.0. The molecular weight excluding hydrogens is 391 g/mol. The lowest BCUT2D eigenvalue weighted by Gasteiger charge is -2.10. The van der Waals surface area contributed by atoms with Crippen molar-refractivity contribution in [2.24, 2.45) is 0 Å². The van der Waals surface area contributed by atoms with Crippen molar-refractivity contribution in [2.75, 3.05) is 6.61 Å². The molecule has 2 aromatic carbocycles. The van der Waals surface area contributed by atoms with E-state index >= 15 is 0 Å². The topological polar surface area (TPSA) is 89.8 Å². The van der Waals surface area contributed by atoms with Crippen molar-refractivity contribution in [2.45, 2.75) is 20.5 Å². The predicted octanol–water partition coefficient (Wildman–Crippen LogP) is 3.45. The van der Waals surface area contributed by atoms with Gasteiger partial charge in [0.1, 0.15) is 29.7 Å². The minimum absolute atomic E-state index is 0.00320. The summed E-state index contributed by atoms with van der Waals surface area (Å²) in [5.74, 6) is -0.0275. The average molecular weight is 412 g/mol. The highest BCUT2D eigenvalue weighted by Gasteiger charge is 2.13. The zero-order valence-corrected chi connectivity index (χ0v) is 16.5. The van der Waals surface area contributed by atoms with Gasteiger partial charge in [-0.15, -0.1) is 0 Å². The second-order valence-electron chi connectivity index (χ2n) is 6.57. The molecule has 3 aromatic rings. The number of amides is 2. The molecule has 0 fully saturated rings. The summed E-state index contributed by atoms with van der Waals surface area (Å²) >= 11 is 0. The molecule has 0 saturated carbocycles. The molecule has 2 amide bonds. The Morgan fingerprint density at radius 1 is 0.967 bits per heavy atom. The number of ether oxygens (including phenoxy) is 2. The Hall–Kier alpha value is -3.81. The minimum Gasteiger partial charge on any atom is -0.486 e. The van der Waals surface area contributed by atoms with Gasteiger partial charge < -0.3 is 13.9 Å². The van der Waals surface area contributed by atoms with Crippen LogP contribution in [0.5, 0.6) is 11.5 Å². The number of hydrogen-bond acceptors (Lipinski definition) is 5. The highest BCUT2D eigenvalue weighted by Crippen LogP contribution is 2.19. The van der Waals surface area contributed by atoms with Crippen LogP contribution in [0.1, 0.15) is 27.4 Å². The molecule has 0 atom stereocenters. The molecule has 156 valence electrons. The smallest absolute Gasteiger partial charge is 0.305 e. The largest absolute Gasteiger partial charge is 0.486 e. The Morgan fingerprint density at radius 3 is 2.50 bits per heavy atom. The van der Waals surface area contributed by atoms with Gasteiger partial charge in [-0.05, 0) is 67.4 Å².